The Hall–Kier alpha value is -0.540. The summed E-state index contributed by atoms with van der Waals surface area (Å²) in [5, 5.41) is 3.85. The molecular weight excluding hydrogens is 233 g/mol. The van der Waals surface area contributed by atoms with E-state index in [4.69, 9.17) is 23.2 Å². The number of hydrogen-bond donors (Lipinski definition) is 1. The van der Waals surface area contributed by atoms with Gasteiger partial charge in [0.1, 0.15) is 11.0 Å². The Morgan fingerprint density at radius 3 is 2.53 bits per heavy atom. The third kappa shape index (κ3) is 2.73. The van der Waals surface area contributed by atoms with Crippen LogP contribution in [0.2, 0.25) is 10.4 Å². The van der Waals surface area contributed by atoms with Crippen LogP contribution in [-0.4, -0.2) is 16.0 Å². The zero-order chi connectivity index (χ0) is 11.1. The summed E-state index contributed by atoms with van der Waals surface area (Å²) in [7, 11) is 0. The number of nitrogens with one attached hydrogen (secondary N) is 1. The van der Waals surface area contributed by atoms with E-state index in [2.05, 4.69) is 29.1 Å². The molecule has 1 aliphatic rings. The van der Waals surface area contributed by atoms with Gasteiger partial charge in [-0.1, -0.05) is 25.4 Å². The van der Waals surface area contributed by atoms with Crippen molar-refractivity contribution in [3.8, 4) is 0 Å². The van der Waals surface area contributed by atoms with Crippen molar-refractivity contribution in [3.63, 3.8) is 0 Å². The monoisotopic (exact) mass is 245 g/mol. The molecule has 0 aromatic carbocycles. The molecule has 3 nitrogen and oxygen atoms in total. The summed E-state index contributed by atoms with van der Waals surface area (Å²) in [5.74, 6) is 0.709. The summed E-state index contributed by atoms with van der Waals surface area (Å²) < 4.78 is 0. The molecule has 0 unspecified atom stereocenters. The van der Waals surface area contributed by atoms with Crippen LogP contribution >= 0.6 is 23.2 Å². The third-order valence-corrected chi connectivity index (χ3v) is 2.98. The van der Waals surface area contributed by atoms with Gasteiger partial charge in [0.25, 0.3) is 0 Å². The first kappa shape index (κ1) is 11.0. The third-order valence-electron chi connectivity index (χ3n) is 2.62. The van der Waals surface area contributed by atoms with Crippen LogP contribution in [0.4, 0.5) is 5.82 Å². The summed E-state index contributed by atoms with van der Waals surface area (Å²) in [6.45, 7) is 4.51. The fourth-order valence-electron chi connectivity index (χ4n) is 2.05. The first-order valence-corrected chi connectivity index (χ1v) is 5.67. The highest BCUT2D eigenvalue weighted by Gasteiger charge is 2.36. The second-order valence-corrected chi connectivity index (χ2v) is 5.48. The van der Waals surface area contributed by atoms with Crippen LogP contribution in [0.1, 0.15) is 26.7 Å². The Kier molecular flexibility index (Phi) is 2.77. The molecule has 82 valence electrons. The highest BCUT2D eigenvalue weighted by molar-refractivity contribution is 6.32. The van der Waals surface area contributed by atoms with Gasteiger partial charge in [-0.3, -0.25) is 0 Å². The van der Waals surface area contributed by atoms with E-state index >= 15 is 0 Å². The number of anilines is 1. The molecule has 1 saturated carbocycles. The van der Waals surface area contributed by atoms with Crippen molar-refractivity contribution in [3.05, 3.63) is 16.5 Å². The highest BCUT2D eigenvalue weighted by atomic mass is 35.5. The summed E-state index contributed by atoms with van der Waals surface area (Å²) in [6, 6.07) is 2.17. The van der Waals surface area contributed by atoms with Crippen molar-refractivity contribution in [1.29, 1.82) is 0 Å². The molecule has 1 aliphatic carbocycles. The van der Waals surface area contributed by atoms with Gasteiger partial charge in [-0.05, 0) is 29.9 Å². The van der Waals surface area contributed by atoms with Crippen molar-refractivity contribution in [1.82, 2.24) is 9.97 Å². The predicted molar refractivity (Wildman–Crippen MR) is 62.5 cm³/mol. The molecule has 1 heterocycles. The zero-order valence-electron chi connectivity index (χ0n) is 8.72. The molecule has 1 N–H and O–H groups in total. The van der Waals surface area contributed by atoms with Crippen LogP contribution in [0, 0.1) is 5.41 Å². The van der Waals surface area contributed by atoms with Gasteiger partial charge in [0.2, 0.25) is 5.28 Å². The predicted octanol–water partition coefficient (Wildman–Crippen LogP) is 3.38. The lowest BCUT2D eigenvalue weighted by Crippen LogP contribution is -2.41. The van der Waals surface area contributed by atoms with Crippen molar-refractivity contribution in [2.45, 2.75) is 32.7 Å². The fraction of sp³-hybridized carbons (Fsp3) is 0.600. The van der Waals surface area contributed by atoms with Crippen molar-refractivity contribution < 1.29 is 0 Å². The number of halogens is 2. The van der Waals surface area contributed by atoms with Crippen molar-refractivity contribution in [2.75, 3.05) is 5.32 Å². The standard InChI is InChI=1S/C10H13Cl2N3/c1-10(2)4-6(5-10)13-8-3-7(11)14-9(12)15-8/h3,6H,4-5H2,1-2H3,(H,13,14,15). The maximum absolute atomic E-state index is 5.78. The van der Waals surface area contributed by atoms with E-state index in [9.17, 15) is 0 Å². The highest BCUT2D eigenvalue weighted by Crippen LogP contribution is 2.41. The first-order valence-electron chi connectivity index (χ1n) is 4.91. The molecule has 0 amide bonds. The van der Waals surface area contributed by atoms with Gasteiger partial charge in [0, 0.05) is 12.1 Å². The van der Waals surface area contributed by atoms with Crippen LogP contribution in [0.3, 0.4) is 0 Å². The van der Waals surface area contributed by atoms with Crippen molar-refractivity contribution >= 4 is 29.0 Å². The molecule has 5 heteroatoms. The van der Waals surface area contributed by atoms with Gasteiger partial charge in [-0.15, -0.1) is 0 Å². The molecule has 15 heavy (non-hydrogen) atoms. The minimum Gasteiger partial charge on any atom is -0.367 e. The molecule has 2 rings (SSSR count). The van der Waals surface area contributed by atoms with Crippen LogP contribution < -0.4 is 5.32 Å². The lowest BCUT2D eigenvalue weighted by atomic mass is 9.68. The second-order valence-electron chi connectivity index (χ2n) is 4.76. The van der Waals surface area contributed by atoms with E-state index in [-0.39, 0.29) is 5.28 Å². The normalized spacial score (nSPS) is 19.7. The van der Waals surface area contributed by atoms with E-state index in [0.29, 0.717) is 22.4 Å². The lowest BCUT2D eigenvalue weighted by molar-refractivity contribution is 0.167. The topological polar surface area (TPSA) is 37.8 Å². The van der Waals surface area contributed by atoms with Crippen LogP contribution in [0.15, 0.2) is 6.07 Å². The largest absolute Gasteiger partial charge is 0.367 e. The summed E-state index contributed by atoms with van der Waals surface area (Å²) in [6.07, 6.45) is 2.29. The van der Waals surface area contributed by atoms with Gasteiger partial charge in [-0.2, -0.15) is 0 Å². The average Bonchev–Trinajstić information content (AvgIpc) is 1.97. The van der Waals surface area contributed by atoms with Crippen molar-refractivity contribution in [2.24, 2.45) is 5.41 Å². The number of aromatic nitrogens is 2. The molecule has 0 aliphatic heterocycles. The Morgan fingerprint density at radius 2 is 2.00 bits per heavy atom. The van der Waals surface area contributed by atoms with Crippen LogP contribution in [0.5, 0.6) is 0 Å². The minimum atomic E-state index is 0.184. The maximum Gasteiger partial charge on any atom is 0.225 e. The molecular formula is C10H13Cl2N3. The summed E-state index contributed by atoms with van der Waals surface area (Å²) >= 11 is 11.5. The van der Waals surface area contributed by atoms with E-state index in [1.807, 2.05) is 0 Å². The average molecular weight is 246 g/mol. The fourth-order valence-corrected chi connectivity index (χ4v) is 2.46. The van der Waals surface area contributed by atoms with Gasteiger partial charge >= 0.3 is 0 Å². The minimum absolute atomic E-state index is 0.184. The smallest absolute Gasteiger partial charge is 0.225 e. The molecule has 0 atom stereocenters. The molecule has 1 fully saturated rings. The molecule has 1 aromatic rings. The lowest BCUT2D eigenvalue weighted by Gasteiger charge is -2.43. The summed E-state index contributed by atoms with van der Waals surface area (Å²) in [5.41, 5.74) is 0.443. The number of rotatable bonds is 2. The molecule has 0 bridgehead atoms. The summed E-state index contributed by atoms with van der Waals surface area (Å²) in [4.78, 5) is 7.86. The Balaban J connectivity index is 2.00. The Labute approximate surface area is 99.2 Å². The SMILES string of the molecule is CC1(C)CC(Nc2cc(Cl)nc(Cl)n2)C1. The zero-order valence-corrected chi connectivity index (χ0v) is 10.2. The quantitative estimate of drug-likeness (QED) is 0.642. The van der Waals surface area contributed by atoms with Gasteiger partial charge in [0.05, 0.1) is 0 Å². The Morgan fingerprint density at radius 1 is 1.33 bits per heavy atom. The van der Waals surface area contributed by atoms with E-state index in [1.165, 1.54) is 0 Å². The van der Waals surface area contributed by atoms with E-state index < -0.39 is 0 Å². The molecule has 0 radical (unpaired) electrons. The van der Waals surface area contributed by atoms with Gasteiger partial charge < -0.3 is 5.32 Å². The van der Waals surface area contributed by atoms with E-state index in [1.54, 1.807) is 6.07 Å². The van der Waals surface area contributed by atoms with Crippen LogP contribution in [0.25, 0.3) is 0 Å². The Bertz CT molecular complexity index is 351. The molecule has 0 saturated heterocycles. The van der Waals surface area contributed by atoms with E-state index in [0.717, 1.165) is 12.8 Å². The molecule has 1 aromatic heterocycles. The van der Waals surface area contributed by atoms with Gasteiger partial charge in [0.15, 0.2) is 0 Å². The second kappa shape index (κ2) is 3.80. The number of nitrogens with zero attached hydrogens (tertiary/aromatic N) is 2. The maximum atomic E-state index is 5.78. The first-order chi connectivity index (χ1) is 6.94. The van der Waals surface area contributed by atoms with Gasteiger partial charge in [-0.25, -0.2) is 9.97 Å². The number of hydrogen-bond acceptors (Lipinski definition) is 3. The van der Waals surface area contributed by atoms with Crippen LogP contribution in [-0.2, 0) is 0 Å². The molecule has 0 spiro atoms.